The molecule has 4 rings (SSSR count). The molecular weight excluding hydrogens is 341 g/mol. The van der Waals surface area contributed by atoms with Crippen molar-refractivity contribution in [3.05, 3.63) is 84.5 Å². The lowest BCUT2D eigenvalue weighted by molar-refractivity contribution is 0.628. The van der Waals surface area contributed by atoms with E-state index in [2.05, 4.69) is 21.9 Å². The first-order valence-corrected chi connectivity index (χ1v) is 8.74. The second-order valence-corrected chi connectivity index (χ2v) is 6.49. The van der Waals surface area contributed by atoms with Gasteiger partial charge in [-0.2, -0.15) is 0 Å². The molecule has 4 aromatic rings. The van der Waals surface area contributed by atoms with Crippen molar-refractivity contribution in [1.82, 2.24) is 19.5 Å². The van der Waals surface area contributed by atoms with E-state index in [0.717, 1.165) is 39.8 Å². The highest BCUT2D eigenvalue weighted by Crippen LogP contribution is 2.17. The van der Waals surface area contributed by atoms with E-state index >= 15 is 0 Å². The second-order valence-electron chi connectivity index (χ2n) is 6.49. The zero-order valence-corrected chi connectivity index (χ0v) is 15.0. The van der Waals surface area contributed by atoms with E-state index in [1.165, 1.54) is 12.1 Å². The highest BCUT2D eigenvalue weighted by molar-refractivity contribution is 5.74. The molecule has 0 atom stereocenters. The Kier molecular flexibility index (Phi) is 4.46. The van der Waals surface area contributed by atoms with Gasteiger partial charge in [0.2, 0.25) is 0 Å². The number of aromatic nitrogens is 4. The number of imidazole rings is 2. The van der Waals surface area contributed by atoms with Gasteiger partial charge in [0.15, 0.2) is 0 Å². The van der Waals surface area contributed by atoms with Gasteiger partial charge < -0.3 is 14.9 Å². The van der Waals surface area contributed by atoms with Gasteiger partial charge in [0.25, 0.3) is 0 Å². The van der Waals surface area contributed by atoms with Gasteiger partial charge in [0.05, 0.1) is 23.3 Å². The van der Waals surface area contributed by atoms with E-state index in [0.29, 0.717) is 13.0 Å². The number of benzene rings is 2. The first-order chi connectivity index (χ1) is 13.1. The average molecular weight is 361 g/mol. The van der Waals surface area contributed by atoms with E-state index in [1.54, 1.807) is 12.1 Å². The molecule has 0 spiro atoms. The molecule has 27 heavy (non-hydrogen) atoms. The van der Waals surface area contributed by atoms with Crippen molar-refractivity contribution in [1.29, 1.82) is 0 Å². The number of aromatic amines is 1. The summed E-state index contributed by atoms with van der Waals surface area (Å²) in [5.74, 6) is 1.47. The SMILES string of the molecule is C=C(C)n1cc(Cc2nc3ccccc3[nH]2)nc1CNc1ccc(F)cc1. The number of H-pyrrole nitrogens is 1. The molecule has 2 heterocycles. The van der Waals surface area contributed by atoms with Crippen LogP contribution in [-0.2, 0) is 13.0 Å². The van der Waals surface area contributed by atoms with E-state index < -0.39 is 0 Å². The smallest absolute Gasteiger partial charge is 0.132 e. The Balaban J connectivity index is 1.54. The van der Waals surface area contributed by atoms with Crippen LogP contribution in [0.5, 0.6) is 0 Å². The summed E-state index contributed by atoms with van der Waals surface area (Å²) in [6.45, 7) is 6.48. The van der Waals surface area contributed by atoms with Crippen LogP contribution in [0.4, 0.5) is 10.1 Å². The number of rotatable bonds is 6. The van der Waals surface area contributed by atoms with Gasteiger partial charge in [-0.25, -0.2) is 14.4 Å². The number of allylic oxidation sites excluding steroid dienone is 1. The molecule has 0 radical (unpaired) electrons. The summed E-state index contributed by atoms with van der Waals surface area (Å²) in [4.78, 5) is 12.7. The summed E-state index contributed by atoms with van der Waals surface area (Å²) in [7, 11) is 0. The fourth-order valence-electron chi connectivity index (χ4n) is 3.02. The van der Waals surface area contributed by atoms with Gasteiger partial charge in [-0.3, -0.25) is 0 Å². The molecule has 5 nitrogen and oxygen atoms in total. The minimum Gasteiger partial charge on any atom is -0.378 e. The van der Waals surface area contributed by atoms with E-state index in [1.807, 2.05) is 42.0 Å². The molecule has 2 aromatic heterocycles. The molecule has 0 bridgehead atoms. The minimum atomic E-state index is -0.253. The summed E-state index contributed by atoms with van der Waals surface area (Å²) < 4.78 is 15.0. The van der Waals surface area contributed by atoms with Gasteiger partial charge in [0, 0.05) is 24.0 Å². The fourth-order valence-corrected chi connectivity index (χ4v) is 3.02. The first kappa shape index (κ1) is 17.0. The first-order valence-electron chi connectivity index (χ1n) is 8.74. The zero-order valence-electron chi connectivity index (χ0n) is 15.0. The normalized spacial score (nSPS) is 11.0. The van der Waals surface area contributed by atoms with Crippen LogP contribution < -0.4 is 5.32 Å². The van der Waals surface area contributed by atoms with Crippen LogP contribution in [0, 0.1) is 5.82 Å². The Morgan fingerprint density at radius 2 is 1.93 bits per heavy atom. The fraction of sp³-hybridized carbons (Fsp3) is 0.143. The van der Waals surface area contributed by atoms with E-state index in [-0.39, 0.29) is 5.82 Å². The van der Waals surface area contributed by atoms with E-state index in [4.69, 9.17) is 4.98 Å². The topological polar surface area (TPSA) is 58.5 Å². The zero-order chi connectivity index (χ0) is 18.8. The van der Waals surface area contributed by atoms with Crippen molar-refractivity contribution >= 4 is 22.4 Å². The molecule has 0 fully saturated rings. The van der Waals surface area contributed by atoms with Crippen LogP contribution in [-0.4, -0.2) is 19.5 Å². The molecule has 0 saturated carbocycles. The Hall–Kier alpha value is -3.41. The molecule has 136 valence electrons. The van der Waals surface area contributed by atoms with Crippen LogP contribution in [0.15, 0.2) is 61.3 Å². The van der Waals surface area contributed by atoms with E-state index in [9.17, 15) is 4.39 Å². The molecule has 2 aromatic carbocycles. The number of hydrogen-bond donors (Lipinski definition) is 2. The number of nitrogens with one attached hydrogen (secondary N) is 2. The summed E-state index contributed by atoms with van der Waals surface area (Å²) in [6.07, 6.45) is 2.59. The molecule has 0 aliphatic carbocycles. The molecule has 0 aliphatic rings. The Morgan fingerprint density at radius 3 is 2.67 bits per heavy atom. The molecule has 0 saturated heterocycles. The molecule has 6 heteroatoms. The third-order valence-corrected chi connectivity index (χ3v) is 4.32. The molecular formula is C21H20FN5. The second kappa shape index (κ2) is 7.07. The standard InChI is InChI=1S/C21H20FN5/c1-14(2)27-13-17(11-20-25-18-5-3-4-6-19(18)26-20)24-21(27)12-23-16-9-7-15(22)8-10-16/h3-10,13,23H,1,11-12H2,2H3,(H,25,26). The van der Waals surface area contributed by atoms with Gasteiger partial charge in [-0.05, 0) is 43.3 Å². The summed E-state index contributed by atoms with van der Waals surface area (Å²) >= 11 is 0. The number of nitrogens with zero attached hydrogens (tertiary/aromatic N) is 3. The van der Waals surface area contributed by atoms with Crippen LogP contribution in [0.3, 0.4) is 0 Å². The van der Waals surface area contributed by atoms with Crippen LogP contribution >= 0.6 is 0 Å². The maximum Gasteiger partial charge on any atom is 0.132 e. The highest BCUT2D eigenvalue weighted by Gasteiger charge is 2.11. The van der Waals surface area contributed by atoms with Crippen molar-refractivity contribution < 1.29 is 4.39 Å². The summed E-state index contributed by atoms with van der Waals surface area (Å²) in [5.41, 5.74) is 4.60. The molecule has 2 N–H and O–H groups in total. The molecule has 0 amide bonds. The quantitative estimate of drug-likeness (QED) is 0.528. The predicted octanol–water partition coefficient (Wildman–Crippen LogP) is 4.59. The third kappa shape index (κ3) is 3.74. The van der Waals surface area contributed by atoms with Crippen molar-refractivity contribution in [2.45, 2.75) is 19.9 Å². The monoisotopic (exact) mass is 361 g/mol. The van der Waals surface area contributed by atoms with Gasteiger partial charge in [-0.15, -0.1) is 0 Å². The largest absolute Gasteiger partial charge is 0.378 e. The lowest BCUT2D eigenvalue weighted by Gasteiger charge is -2.08. The Bertz CT molecular complexity index is 1060. The van der Waals surface area contributed by atoms with Crippen molar-refractivity contribution in [2.75, 3.05) is 5.32 Å². The van der Waals surface area contributed by atoms with Crippen molar-refractivity contribution in [3.8, 4) is 0 Å². The number of halogens is 1. The van der Waals surface area contributed by atoms with Crippen LogP contribution in [0.1, 0.15) is 24.3 Å². The lowest BCUT2D eigenvalue weighted by Crippen LogP contribution is -2.06. The van der Waals surface area contributed by atoms with Gasteiger partial charge in [-0.1, -0.05) is 18.7 Å². The van der Waals surface area contributed by atoms with Crippen molar-refractivity contribution in [3.63, 3.8) is 0 Å². The molecule has 0 aliphatic heterocycles. The average Bonchev–Trinajstić information content (AvgIpc) is 3.24. The van der Waals surface area contributed by atoms with Crippen LogP contribution in [0.25, 0.3) is 16.7 Å². The maximum absolute atomic E-state index is 13.0. The van der Waals surface area contributed by atoms with Gasteiger partial charge in [0.1, 0.15) is 17.5 Å². The summed E-state index contributed by atoms with van der Waals surface area (Å²) in [6, 6.07) is 14.2. The van der Waals surface area contributed by atoms with Gasteiger partial charge >= 0.3 is 0 Å². The number of fused-ring (bicyclic) bond motifs is 1. The Labute approximate surface area is 156 Å². The summed E-state index contributed by atoms with van der Waals surface area (Å²) in [5, 5.41) is 3.27. The van der Waals surface area contributed by atoms with Crippen molar-refractivity contribution in [2.24, 2.45) is 0 Å². The maximum atomic E-state index is 13.0. The highest BCUT2D eigenvalue weighted by atomic mass is 19.1. The number of para-hydroxylation sites is 2. The lowest BCUT2D eigenvalue weighted by atomic mass is 10.3. The predicted molar refractivity (Wildman–Crippen MR) is 106 cm³/mol. The van der Waals surface area contributed by atoms with Crippen LogP contribution in [0.2, 0.25) is 0 Å². The minimum absolute atomic E-state index is 0.253. The molecule has 0 unspecified atom stereocenters. The Morgan fingerprint density at radius 1 is 1.15 bits per heavy atom. The number of hydrogen-bond acceptors (Lipinski definition) is 3. The number of anilines is 1. The third-order valence-electron chi connectivity index (χ3n) is 4.32.